The highest BCUT2D eigenvalue weighted by atomic mass is 35.5. The summed E-state index contributed by atoms with van der Waals surface area (Å²) in [6, 6.07) is 2.03. The molecule has 94 valence electrons. The van der Waals surface area contributed by atoms with Crippen LogP contribution < -0.4 is 10.5 Å². The van der Waals surface area contributed by atoms with Crippen molar-refractivity contribution in [3.05, 3.63) is 27.8 Å². The monoisotopic (exact) mass is 253 g/mol. The van der Waals surface area contributed by atoms with Crippen LogP contribution >= 0.6 is 11.6 Å². The SMILES string of the molecule is COc1cc(C)c(Cl)c(C)c1CC1(CN)CC1. The van der Waals surface area contributed by atoms with Gasteiger partial charge in [0.1, 0.15) is 5.75 Å². The summed E-state index contributed by atoms with van der Waals surface area (Å²) in [5.41, 5.74) is 9.60. The first-order chi connectivity index (χ1) is 8.03. The van der Waals surface area contributed by atoms with E-state index in [0.717, 1.165) is 34.9 Å². The molecule has 1 aromatic rings. The molecule has 0 saturated heterocycles. The summed E-state index contributed by atoms with van der Waals surface area (Å²) in [7, 11) is 1.72. The average Bonchev–Trinajstić information content (AvgIpc) is 3.10. The molecule has 1 fully saturated rings. The summed E-state index contributed by atoms with van der Waals surface area (Å²) in [5, 5.41) is 0.855. The highest BCUT2D eigenvalue weighted by Crippen LogP contribution is 2.49. The molecule has 3 heteroatoms. The molecule has 0 amide bonds. The molecule has 0 atom stereocenters. The molecular weight excluding hydrogens is 234 g/mol. The molecule has 0 aliphatic heterocycles. The molecular formula is C14H20ClNO. The summed E-state index contributed by atoms with van der Waals surface area (Å²) < 4.78 is 5.48. The van der Waals surface area contributed by atoms with Crippen LogP contribution in [0.25, 0.3) is 0 Å². The quantitative estimate of drug-likeness (QED) is 0.894. The molecule has 1 aliphatic rings. The van der Waals surface area contributed by atoms with Gasteiger partial charge in [-0.3, -0.25) is 0 Å². The fourth-order valence-electron chi connectivity index (χ4n) is 2.37. The molecule has 1 aromatic carbocycles. The van der Waals surface area contributed by atoms with Gasteiger partial charge in [-0.2, -0.15) is 0 Å². The third kappa shape index (κ3) is 2.29. The molecule has 17 heavy (non-hydrogen) atoms. The molecule has 2 N–H and O–H groups in total. The maximum atomic E-state index is 6.32. The first-order valence-corrected chi connectivity index (χ1v) is 6.43. The van der Waals surface area contributed by atoms with Crippen LogP contribution in [-0.2, 0) is 6.42 Å². The zero-order chi connectivity index (χ0) is 12.6. The van der Waals surface area contributed by atoms with Crippen LogP contribution in [0.2, 0.25) is 5.02 Å². The van der Waals surface area contributed by atoms with Crippen molar-refractivity contribution in [3.8, 4) is 5.75 Å². The summed E-state index contributed by atoms with van der Waals surface area (Å²) in [6.45, 7) is 4.83. The number of aryl methyl sites for hydroxylation is 1. The lowest BCUT2D eigenvalue weighted by Gasteiger charge is -2.19. The van der Waals surface area contributed by atoms with Crippen LogP contribution in [0.4, 0.5) is 0 Å². The van der Waals surface area contributed by atoms with Crippen LogP contribution in [0.15, 0.2) is 6.07 Å². The molecule has 1 aliphatic carbocycles. The fraction of sp³-hybridized carbons (Fsp3) is 0.571. The van der Waals surface area contributed by atoms with Crippen molar-refractivity contribution in [2.24, 2.45) is 11.1 Å². The standard InChI is InChI=1S/C14H20ClNO/c1-9-6-12(17-3)11(10(2)13(9)15)7-14(8-16)4-5-14/h6H,4-5,7-8,16H2,1-3H3. The number of methoxy groups -OCH3 is 1. The normalized spacial score (nSPS) is 17.0. The topological polar surface area (TPSA) is 35.2 Å². The second-order valence-electron chi connectivity index (χ2n) is 5.19. The minimum absolute atomic E-state index is 0.302. The Morgan fingerprint density at radius 2 is 2.06 bits per heavy atom. The van der Waals surface area contributed by atoms with Crippen LogP contribution in [0.5, 0.6) is 5.75 Å². The van der Waals surface area contributed by atoms with Crippen LogP contribution in [0.1, 0.15) is 29.5 Å². The van der Waals surface area contributed by atoms with Gasteiger partial charge in [0.25, 0.3) is 0 Å². The third-order valence-corrected chi connectivity index (χ3v) is 4.52. The van der Waals surface area contributed by atoms with E-state index in [9.17, 15) is 0 Å². The molecule has 0 heterocycles. The van der Waals surface area contributed by atoms with Gasteiger partial charge in [-0.1, -0.05) is 11.6 Å². The van der Waals surface area contributed by atoms with E-state index in [1.54, 1.807) is 7.11 Å². The number of rotatable bonds is 4. The van der Waals surface area contributed by atoms with Gasteiger partial charge >= 0.3 is 0 Å². The Morgan fingerprint density at radius 3 is 2.53 bits per heavy atom. The summed E-state index contributed by atoms with van der Waals surface area (Å²) in [6.07, 6.45) is 3.42. The maximum Gasteiger partial charge on any atom is 0.122 e. The summed E-state index contributed by atoms with van der Waals surface area (Å²) in [4.78, 5) is 0. The average molecular weight is 254 g/mol. The van der Waals surface area contributed by atoms with Crippen molar-refractivity contribution in [1.82, 2.24) is 0 Å². The summed E-state index contributed by atoms with van der Waals surface area (Å²) >= 11 is 6.32. The highest BCUT2D eigenvalue weighted by molar-refractivity contribution is 6.32. The van der Waals surface area contributed by atoms with Crippen molar-refractivity contribution < 1.29 is 4.74 Å². The zero-order valence-corrected chi connectivity index (χ0v) is 11.5. The molecule has 1 saturated carbocycles. The van der Waals surface area contributed by atoms with E-state index in [2.05, 4.69) is 6.92 Å². The van der Waals surface area contributed by atoms with E-state index < -0.39 is 0 Å². The van der Waals surface area contributed by atoms with Gasteiger partial charge in [-0.15, -0.1) is 0 Å². The first-order valence-electron chi connectivity index (χ1n) is 6.05. The van der Waals surface area contributed by atoms with Crippen LogP contribution in [-0.4, -0.2) is 13.7 Å². The van der Waals surface area contributed by atoms with Crippen molar-refractivity contribution in [3.63, 3.8) is 0 Å². The number of hydrogen-bond acceptors (Lipinski definition) is 2. The van der Waals surface area contributed by atoms with Crippen molar-refractivity contribution in [2.75, 3.05) is 13.7 Å². The molecule has 0 spiro atoms. The molecule has 0 bridgehead atoms. The minimum Gasteiger partial charge on any atom is -0.496 e. The second kappa shape index (κ2) is 4.51. The van der Waals surface area contributed by atoms with E-state index >= 15 is 0 Å². The Balaban J connectivity index is 2.41. The van der Waals surface area contributed by atoms with E-state index in [1.165, 1.54) is 18.4 Å². The van der Waals surface area contributed by atoms with Crippen LogP contribution in [0.3, 0.4) is 0 Å². The zero-order valence-electron chi connectivity index (χ0n) is 10.8. The predicted octanol–water partition coefficient (Wildman–Crippen LogP) is 3.25. The van der Waals surface area contributed by atoms with Crippen molar-refractivity contribution in [1.29, 1.82) is 0 Å². The lowest BCUT2D eigenvalue weighted by atomic mass is 9.92. The Hall–Kier alpha value is -0.730. The first kappa shape index (κ1) is 12.7. The largest absolute Gasteiger partial charge is 0.496 e. The Kier molecular flexibility index (Phi) is 3.37. The number of benzene rings is 1. The lowest BCUT2D eigenvalue weighted by molar-refractivity contribution is 0.401. The van der Waals surface area contributed by atoms with E-state index in [4.69, 9.17) is 22.1 Å². The van der Waals surface area contributed by atoms with Crippen LogP contribution in [0, 0.1) is 19.3 Å². The van der Waals surface area contributed by atoms with Gasteiger partial charge in [0.2, 0.25) is 0 Å². The Morgan fingerprint density at radius 1 is 1.41 bits per heavy atom. The number of halogens is 1. The fourth-order valence-corrected chi connectivity index (χ4v) is 2.54. The van der Waals surface area contributed by atoms with Gasteiger partial charge in [-0.25, -0.2) is 0 Å². The maximum absolute atomic E-state index is 6.32. The van der Waals surface area contributed by atoms with Crippen molar-refractivity contribution in [2.45, 2.75) is 33.1 Å². The lowest BCUT2D eigenvalue weighted by Crippen LogP contribution is -2.19. The van der Waals surface area contributed by atoms with Gasteiger partial charge in [0.05, 0.1) is 7.11 Å². The molecule has 2 rings (SSSR count). The van der Waals surface area contributed by atoms with Crippen molar-refractivity contribution >= 4 is 11.6 Å². The van der Waals surface area contributed by atoms with Gasteiger partial charge in [-0.05, 0) is 67.8 Å². The van der Waals surface area contributed by atoms with Gasteiger partial charge in [0, 0.05) is 5.02 Å². The van der Waals surface area contributed by atoms with E-state index in [1.807, 2.05) is 13.0 Å². The highest BCUT2D eigenvalue weighted by Gasteiger charge is 2.42. The molecule has 2 nitrogen and oxygen atoms in total. The minimum atomic E-state index is 0.302. The second-order valence-corrected chi connectivity index (χ2v) is 5.57. The van der Waals surface area contributed by atoms with Gasteiger partial charge in [0.15, 0.2) is 0 Å². The molecule has 0 unspecified atom stereocenters. The number of nitrogens with two attached hydrogens (primary N) is 1. The third-order valence-electron chi connectivity index (χ3n) is 3.93. The van der Waals surface area contributed by atoms with Gasteiger partial charge < -0.3 is 10.5 Å². The molecule has 0 aromatic heterocycles. The van der Waals surface area contributed by atoms with E-state index in [0.29, 0.717) is 5.41 Å². The Bertz CT molecular complexity index is 438. The number of hydrogen-bond donors (Lipinski definition) is 1. The Labute approximate surface area is 108 Å². The summed E-state index contributed by atoms with van der Waals surface area (Å²) in [5.74, 6) is 0.948. The predicted molar refractivity (Wildman–Crippen MR) is 71.9 cm³/mol. The number of ether oxygens (including phenoxy) is 1. The van der Waals surface area contributed by atoms with E-state index in [-0.39, 0.29) is 0 Å². The molecule has 0 radical (unpaired) electrons. The smallest absolute Gasteiger partial charge is 0.122 e.